The fourth-order valence-corrected chi connectivity index (χ4v) is 2.98. The summed E-state index contributed by atoms with van der Waals surface area (Å²) in [6.07, 6.45) is 2.29. The van der Waals surface area contributed by atoms with Gasteiger partial charge in [0.15, 0.2) is 0 Å². The first kappa shape index (κ1) is 12.6. The summed E-state index contributed by atoms with van der Waals surface area (Å²) < 4.78 is 0. The predicted molar refractivity (Wildman–Crippen MR) is 82.1 cm³/mol. The van der Waals surface area contributed by atoms with E-state index in [1.807, 2.05) is 12.1 Å². The molecular formula is C17H18ClN. The molecule has 0 saturated carbocycles. The van der Waals surface area contributed by atoms with Crippen LogP contribution in [-0.2, 0) is 6.42 Å². The van der Waals surface area contributed by atoms with Gasteiger partial charge in [-0.1, -0.05) is 41.4 Å². The maximum Gasteiger partial charge on any atom is 0.0637 e. The Bertz CT molecular complexity index is 619. The summed E-state index contributed by atoms with van der Waals surface area (Å²) in [4.78, 5) is 0. The highest BCUT2D eigenvalue weighted by atomic mass is 35.5. The Balaban J connectivity index is 1.90. The summed E-state index contributed by atoms with van der Waals surface area (Å²) in [7, 11) is 0. The van der Waals surface area contributed by atoms with Crippen molar-refractivity contribution in [1.82, 2.24) is 0 Å². The minimum Gasteiger partial charge on any atom is -0.377 e. The summed E-state index contributed by atoms with van der Waals surface area (Å²) >= 11 is 6.27. The van der Waals surface area contributed by atoms with E-state index in [4.69, 9.17) is 11.6 Å². The van der Waals surface area contributed by atoms with Crippen molar-refractivity contribution in [3.63, 3.8) is 0 Å². The van der Waals surface area contributed by atoms with E-state index >= 15 is 0 Å². The van der Waals surface area contributed by atoms with Gasteiger partial charge < -0.3 is 5.32 Å². The molecule has 0 spiro atoms. The molecule has 3 rings (SSSR count). The first-order valence-corrected chi connectivity index (χ1v) is 7.13. The van der Waals surface area contributed by atoms with Gasteiger partial charge in [-0.2, -0.15) is 0 Å². The molecule has 0 amide bonds. The zero-order chi connectivity index (χ0) is 13.4. The lowest BCUT2D eigenvalue weighted by molar-refractivity contribution is 0.761. The molecule has 0 aliphatic heterocycles. The van der Waals surface area contributed by atoms with Crippen molar-refractivity contribution >= 4 is 17.3 Å². The van der Waals surface area contributed by atoms with E-state index in [9.17, 15) is 0 Å². The van der Waals surface area contributed by atoms with Gasteiger partial charge in [0, 0.05) is 0 Å². The maximum atomic E-state index is 6.27. The average molecular weight is 272 g/mol. The van der Waals surface area contributed by atoms with Gasteiger partial charge in [-0.25, -0.2) is 0 Å². The van der Waals surface area contributed by atoms with Crippen LogP contribution < -0.4 is 5.32 Å². The van der Waals surface area contributed by atoms with Crippen LogP contribution in [0.3, 0.4) is 0 Å². The Morgan fingerprint density at radius 1 is 1.05 bits per heavy atom. The van der Waals surface area contributed by atoms with Crippen LogP contribution in [-0.4, -0.2) is 0 Å². The topological polar surface area (TPSA) is 12.0 Å². The standard InChI is InChI=1S/C17H18ClN/c1-11-3-5-13-6-8-16(14(13)9-11)19-17-10-12(2)4-7-15(17)18/h3-5,7,9-10,16,19H,6,8H2,1-2H3. The van der Waals surface area contributed by atoms with E-state index in [-0.39, 0.29) is 0 Å². The third kappa shape index (κ3) is 2.48. The number of benzene rings is 2. The first-order valence-electron chi connectivity index (χ1n) is 6.75. The van der Waals surface area contributed by atoms with E-state index in [0.717, 1.165) is 23.6 Å². The van der Waals surface area contributed by atoms with Gasteiger partial charge in [-0.05, 0) is 55.5 Å². The van der Waals surface area contributed by atoms with Crippen molar-refractivity contribution in [3.8, 4) is 0 Å². The van der Waals surface area contributed by atoms with Crippen LogP contribution in [0.5, 0.6) is 0 Å². The van der Waals surface area contributed by atoms with Gasteiger partial charge in [0.2, 0.25) is 0 Å². The predicted octanol–water partition coefficient (Wildman–Crippen LogP) is 5.06. The molecule has 2 aromatic carbocycles. The molecule has 19 heavy (non-hydrogen) atoms. The lowest BCUT2D eigenvalue weighted by Gasteiger charge is -2.17. The smallest absolute Gasteiger partial charge is 0.0637 e. The number of rotatable bonds is 2. The highest BCUT2D eigenvalue weighted by Crippen LogP contribution is 2.36. The van der Waals surface area contributed by atoms with Crippen molar-refractivity contribution in [2.45, 2.75) is 32.7 Å². The van der Waals surface area contributed by atoms with Crippen LogP contribution in [0, 0.1) is 13.8 Å². The Labute approximate surface area is 119 Å². The Kier molecular flexibility index (Phi) is 3.24. The molecule has 2 aromatic rings. The van der Waals surface area contributed by atoms with Gasteiger partial charge >= 0.3 is 0 Å². The fourth-order valence-electron chi connectivity index (χ4n) is 2.81. The molecule has 1 unspecified atom stereocenters. The fraction of sp³-hybridized carbons (Fsp3) is 0.294. The lowest BCUT2D eigenvalue weighted by Crippen LogP contribution is -2.07. The van der Waals surface area contributed by atoms with Crippen LogP contribution in [0.1, 0.15) is 34.7 Å². The zero-order valence-electron chi connectivity index (χ0n) is 11.3. The lowest BCUT2D eigenvalue weighted by atomic mass is 10.0. The number of fused-ring (bicyclic) bond motifs is 1. The second-order valence-corrected chi connectivity index (χ2v) is 5.83. The highest BCUT2D eigenvalue weighted by Gasteiger charge is 2.22. The zero-order valence-corrected chi connectivity index (χ0v) is 12.1. The van der Waals surface area contributed by atoms with E-state index in [2.05, 4.69) is 43.4 Å². The number of halogens is 1. The number of nitrogens with one attached hydrogen (secondary N) is 1. The van der Waals surface area contributed by atoms with Gasteiger partial charge in [0.05, 0.1) is 16.8 Å². The summed E-state index contributed by atoms with van der Waals surface area (Å²) in [5, 5.41) is 4.40. The molecule has 1 N–H and O–H groups in total. The highest BCUT2D eigenvalue weighted by molar-refractivity contribution is 6.33. The number of anilines is 1. The monoisotopic (exact) mass is 271 g/mol. The number of aryl methyl sites for hydroxylation is 3. The number of hydrogen-bond acceptors (Lipinski definition) is 1. The summed E-state index contributed by atoms with van der Waals surface area (Å²) in [6.45, 7) is 4.24. The van der Waals surface area contributed by atoms with E-state index in [1.165, 1.54) is 22.3 Å². The molecule has 1 aliphatic rings. The van der Waals surface area contributed by atoms with Crippen molar-refractivity contribution in [2.24, 2.45) is 0 Å². The molecule has 2 heteroatoms. The SMILES string of the molecule is Cc1ccc(Cl)c(NC2CCc3ccc(C)cc32)c1. The summed E-state index contributed by atoms with van der Waals surface area (Å²) in [6, 6.07) is 13.3. The molecule has 98 valence electrons. The average Bonchev–Trinajstić information content (AvgIpc) is 2.77. The molecule has 0 bridgehead atoms. The minimum absolute atomic E-state index is 0.384. The Morgan fingerprint density at radius 2 is 1.79 bits per heavy atom. The van der Waals surface area contributed by atoms with Gasteiger partial charge in [-0.15, -0.1) is 0 Å². The summed E-state index contributed by atoms with van der Waals surface area (Å²) in [5.41, 5.74) is 6.49. The van der Waals surface area contributed by atoms with Gasteiger partial charge in [0.1, 0.15) is 0 Å². The van der Waals surface area contributed by atoms with Gasteiger partial charge in [0.25, 0.3) is 0 Å². The molecule has 1 atom stereocenters. The molecule has 1 aliphatic carbocycles. The first-order chi connectivity index (χ1) is 9.13. The van der Waals surface area contributed by atoms with Crippen molar-refractivity contribution < 1.29 is 0 Å². The third-order valence-electron chi connectivity index (χ3n) is 3.83. The molecular weight excluding hydrogens is 254 g/mol. The number of hydrogen-bond donors (Lipinski definition) is 1. The molecule has 0 heterocycles. The largest absolute Gasteiger partial charge is 0.377 e. The van der Waals surface area contributed by atoms with Crippen molar-refractivity contribution in [2.75, 3.05) is 5.32 Å². The van der Waals surface area contributed by atoms with Crippen LogP contribution >= 0.6 is 11.6 Å². The van der Waals surface area contributed by atoms with Crippen molar-refractivity contribution in [1.29, 1.82) is 0 Å². The van der Waals surface area contributed by atoms with Crippen LogP contribution in [0.4, 0.5) is 5.69 Å². The Hall–Kier alpha value is -1.47. The summed E-state index contributed by atoms with van der Waals surface area (Å²) in [5.74, 6) is 0. The minimum atomic E-state index is 0.384. The molecule has 0 saturated heterocycles. The second kappa shape index (κ2) is 4.90. The van der Waals surface area contributed by atoms with Crippen molar-refractivity contribution in [3.05, 3.63) is 63.7 Å². The van der Waals surface area contributed by atoms with Crippen LogP contribution in [0.2, 0.25) is 5.02 Å². The van der Waals surface area contributed by atoms with Crippen LogP contribution in [0.15, 0.2) is 36.4 Å². The molecule has 0 aromatic heterocycles. The molecule has 0 radical (unpaired) electrons. The maximum absolute atomic E-state index is 6.27. The normalized spacial score (nSPS) is 17.3. The van der Waals surface area contributed by atoms with E-state index in [1.54, 1.807) is 0 Å². The molecule has 0 fully saturated rings. The Morgan fingerprint density at radius 3 is 2.63 bits per heavy atom. The quantitative estimate of drug-likeness (QED) is 0.805. The van der Waals surface area contributed by atoms with E-state index < -0.39 is 0 Å². The van der Waals surface area contributed by atoms with E-state index in [0.29, 0.717) is 6.04 Å². The second-order valence-electron chi connectivity index (χ2n) is 5.42. The van der Waals surface area contributed by atoms with Gasteiger partial charge in [-0.3, -0.25) is 0 Å². The van der Waals surface area contributed by atoms with Crippen LogP contribution in [0.25, 0.3) is 0 Å². The molecule has 1 nitrogen and oxygen atoms in total. The third-order valence-corrected chi connectivity index (χ3v) is 4.16.